The summed E-state index contributed by atoms with van der Waals surface area (Å²) in [6, 6.07) is 9.31. The van der Waals surface area contributed by atoms with Crippen molar-refractivity contribution in [3.05, 3.63) is 47.5 Å². The number of hydrogen-bond donors (Lipinski definition) is 2. The van der Waals surface area contributed by atoms with Crippen molar-refractivity contribution in [1.29, 1.82) is 0 Å². The van der Waals surface area contributed by atoms with E-state index in [-0.39, 0.29) is 10.8 Å². The molecule has 8 heteroatoms. The van der Waals surface area contributed by atoms with Crippen LogP contribution in [-0.2, 0) is 10.0 Å². The van der Waals surface area contributed by atoms with Crippen molar-refractivity contribution in [2.24, 2.45) is 0 Å². The SMILES string of the molecule is CNS(=O)(=O)c1ccc(C)c(NC(=O)c2ccc(OC)c(OC)c2)c1. The van der Waals surface area contributed by atoms with Gasteiger partial charge in [0.15, 0.2) is 11.5 Å². The predicted octanol–water partition coefficient (Wildman–Crippen LogP) is 2.17. The molecule has 2 rings (SSSR count). The van der Waals surface area contributed by atoms with E-state index in [1.54, 1.807) is 31.2 Å². The van der Waals surface area contributed by atoms with Crippen LogP contribution in [0.3, 0.4) is 0 Å². The van der Waals surface area contributed by atoms with Crippen LogP contribution >= 0.6 is 0 Å². The lowest BCUT2D eigenvalue weighted by Gasteiger charge is -2.12. The second-order valence-corrected chi connectivity index (χ2v) is 7.09. The van der Waals surface area contributed by atoms with Crippen LogP contribution in [0.15, 0.2) is 41.3 Å². The summed E-state index contributed by atoms with van der Waals surface area (Å²) in [6.45, 7) is 1.78. The van der Waals surface area contributed by atoms with Gasteiger partial charge in [0.05, 0.1) is 19.1 Å². The van der Waals surface area contributed by atoms with Crippen LogP contribution in [0.4, 0.5) is 5.69 Å². The molecule has 7 nitrogen and oxygen atoms in total. The van der Waals surface area contributed by atoms with E-state index >= 15 is 0 Å². The van der Waals surface area contributed by atoms with Crippen LogP contribution in [0.5, 0.6) is 11.5 Å². The highest BCUT2D eigenvalue weighted by Gasteiger charge is 2.16. The van der Waals surface area contributed by atoms with Gasteiger partial charge in [0.2, 0.25) is 10.0 Å². The number of anilines is 1. The third-order valence-corrected chi connectivity index (χ3v) is 5.09. The first-order chi connectivity index (χ1) is 11.8. The number of aryl methyl sites for hydroxylation is 1. The first kappa shape index (κ1) is 18.8. The highest BCUT2D eigenvalue weighted by Crippen LogP contribution is 2.28. The molecule has 2 N–H and O–H groups in total. The summed E-state index contributed by atoms with van der Waals surface area (Å²) in [5.74, 6) is 0.554. The van der Waals surface area contributed by atoms with Crippen LogP contribution in [0.1, 0.15) is 15.9 Å². The number of hydrogen-bond acceptors (Lipinski definition) is 5. The molecule has 1 amide bonds. The molecule has 134 valence electrons. The minimum absolute atomic E-state index is 0.0724. The summed E-state index contributed by atoms with van der Waals surface area (Å²) in [5, 5.41) is 2.72. The number of sulfonamides is 1. The number of carbonyl (C=O) groups is 1. The molecule has 2 aromatic rings. The van der Waals surface area contributed by atoms with Gasteiger partial charge in [0, 0.05) is 11.3 Å². The van der Waals surface area contributed by atoms with Gasteiger partial charge >= 0.3 is 0 Å². The fourth-order valence-corrected chi connectivity index (χ4v) is 2.95. The van der Waals surface area contributed by atoms with Gasteiger partial charge in [-0.2, -0.15) is 0 Å². The zero-order chi connectivity index (χ0) is 18.6. The van der Waals surface area contributed by atoms with Crippen molar-refractivity contribution >= 4 is 21.6 Å². The molecular formula is C17H20N2O5S. The van der Waals surface area contributed by atoms with E-state index in [0.717, 1.165) is 5.56 Å². The molecule has 0 unspecified atom stereocenters. The van der Waals surface area contributed by atoms with Crippen LogP contribution in [0, 0.1) is 6.92 Å². The fourth-order valence-electron chi connectivity index (χ4n) is 2.19. The Hall–Kier alpha value is -2.58. The van der Waals surface area contributed by atoms with E-state index in [1.807, 2.05) is 0 Å². The van der Waals surface area contributed by atoms with Crippen LogP contribution in [0.2, 0.25) is 0 Å². The summed E-state index contributed by atoms with van der Waals surface area (Å²) >= 11 is 0. The smallest absolute Gasteiger partial charge is 0.255 e. The second kappa shape index (κ2) is 7.54. The Labute approximate surface area is 147 Å². The molecule has 0 aliphatic carbocycles. The first-order valence-corrected chi connectivity index (χ1v) is 8.88. The monoisotopic (exact) mass is 364 g/mol. The van der Waals surface area contributed by atoms with Crippen LogP contribution < -0.4 is 19.5 Å². The number of amides is 1. The summed E-state index contributed by atoms with van der Waals surface area (Å²) < 4.78 is 36.4. The van der Waals surface area contributed by atoms with Crippen molar-refractivity contribution in [3.63, 3.8) is 0 Å². The first-order valence-electron chi connectivity index (χ1n) is 7.40. The molecule has 0 fully saturated rings. The van der Waals surface area contributed by atoms with Crippen LogP contribution in [0.25, 0.3) is 0 Å². The molecule has 0 saturated carbocycles. The number of carbonyl (C=O) groups excluding carboxylic acids is 1. The normalized spacial score (nSPS) is 11.0. The standard InChI is InChI=1S/C17H20N2O5S/c1-11-5-7-13(25(21,22)18-2)10-14(11)19-17(20)12-6-8-15(23-3)16(9-12)24-4/h5-10,18H,1-4H3,(H,19,20). The number of ether oxygens (including phenoxy) is 2. The largest absolute Gasteiger partial charge is 0.493 e. The van der Waals surface area contributed by atoms with Crippen molar-refractivity contribution in [3.8, 4) is 11.5 Å². The van der Waals surface area contributed by atoms with Crippen molar-refractivity contribution < 1.29 is 22.7 Å². The summed E-state index contributed by atoms with van der Waals surface area (Å²) in [6.07, 6.45) is 0. The molecule has 0 atom stereocenters. The molecule has 0 aliphatic rings. The van der Waals surface area contributed by atoms with E-state index in [4.69, 9.17) is 9.47 Å². The molecule has 0 aliphatic heterocycles. The lowest BCUT2D eigenvalue weighted by molar-refractivity contribution is 0.102. The average Bonchev–Trinajstić information content (AvgIpc) is 2.62. The maximum atomic E-state index is 12.5. The molecule has 0 radical (unpaired) electrons. The second-order valence-electron chi connectivity index (χ2n) is 5.21. The summed E-state index contributed by atoms with van der Waals surface area (Å²) in [7, 11) is 0.726. The van der Waals surface area contributed by atoms with E-state index in [9.17, 15) is 13.2 Å². The Morgan fingerprint density at radius 2 is 1.68 bits per heavy atom. The average molecular weight is 364 g/mol. The van der Waals surface area contributed by atoms with Crippen molar-refractivity contribution in [2.75, 3.05) is 26.6 Å². The summed E-state index contributed by atoms with van der Waals surface area (Å²) in [4.78, 5) is 12.6. The van der Waals surface area contributed by atoms with Gasteiger partial charge in [0.25, 0.3) is 5.91 Å². The molecule has 0 heterocycles. The van der Waals surface area contributed by atoms with E-state index < -0.39 is 10.0 Å². The number of rotatable bonds is 6. The zero-order valence-corrected chi connectivity index (χ0v) is 15.2. The Kier molecular flexibility index (Phi) is 5.66. The topological polar surface area (TPSA) is 93.7 Å². The molecule has 0 aromatic heterocycles. The highest BCUT2D eigenvalue weighted by molar-refractivity contribution is 7.89. The van der Waals surface area contributed by atoms with Gasteiger partial charge in [-0.3, -0.25) is 4.79 Å². The van der Waals surface area contributed by atoms with Crippen molar-refractivity contribution in [2.45, 2.75) is 11.8 Å². The predicted molar refractivity (Wildman–Crippen MR) is 94.9 cm³/mol. The third-order valence-electron chi connectivity index (χ3n) is 3.68. The Balaban J connectivity index is 2.33. The number of benzene rings is 2. The van der Waals surface area contributed by atoms with Crippen molar-refractivity contribution in [1.82, 2.24) is 4.72 Å². The molecule has 0 saturated heterocycles. The molecule has 0 spiro atoms. The van der Waals surface area contributed by atoms with E-state index in [1.165, 1.54) is 33.4 Å². The number of nitrogens with one attached hydrogen (secondary N) is 2. The van der Waals surface area contributed by atoms with Gasteiger partial charge in [-0.15, -0.1) is 0 Å². The highest BCUT2D eigenvalue weighted by atomic mass is 32.2. The maximum absolute atomic E-state index is 12.5. The van der Waals surface area contributed by atoms with Gasteiger partial charge < -0.3 is 14.8 Å². The summed E-state index contributed by atoms with van der Waals surface area (Å²) in [5.41, 5.74) is 1.51. The lowest BCUT2D eigenvalue weighted by atomic mass is 10.1. The van der Waals surface area contributed by atoms with E-state index in [2.05, 4.69) is 10.0 Å². The number of methoxy groups -OCH3 is 2. The minimum atomic E-state index is -3.60. The Morgan fingerprint density at radius 1 is 1.00 bits per heavy atom. The van der Waals surface area contributed by atoms with Gasteiger partial charge in [-0.1, -0.05) is 6.07 Å². The maximum Gasteiger partial charge on any atom is 0.255 e. The third kappa shape index (κ3) is 4.09. The van der Waals surface area contributed by atoms with Gasteiger partial charge in [0.1, 0.15) is 0 Å². The van der Waals surface area contributed by atoms with Gasteiger partial charge in [-0.05, 0) is 49.9 Å². The molecular weight excluding hydrogens is 344 g/mol. The fraction of sp³-hybridized carbons (Fsp3) is 0.235. The molecule has 2 aromatic carbocycles. The van der Waals surface area contributed by atoms with Crippen LogP contribution in [-0.4, -0.2) is 35.6 Å². The Bertz CT molecular complexity index is 894. The lowest BCUT2D eigenvalue weighted by Crippen LogP contribution is -2.19. The molecule has 25 heavy (non-hydrogen) atoms. The Morgan fingerprint density at radius 3 is 2.28 bits per heavy atom. The van der Waals surface area contributed by atoms with Gasteiger partial charge in [-0.25, -0.2) is 13.1 Å². The zero-order valence-electron chi connectivity index (χ0n) is 14.4. The van der Waals surface area contributed by atoms with E-state index in [0.29, 0.717) is 22.7 Å². The minimum Gasteiger partial charge on any atom is -0.493 e. The quantitative estimate of drug-likeness (QED) is 0.819. The molecule has 0 bridgehead atoms.